The molecule has 1 aliphatic rings. The zero-order chi connectivity index (χ0) is 20.3. The summed E-state index contributed by atoms with van der Waals surface area (Å²) in [5.41, 5.74) is 1.25. The first-order valence-corrected chi connectivity index (χ1v) is 11.0. The molecule has 9 heteroatoms. The van der Waals surface area contributed by atoms with Crippen molar-refractivity contribution in [2.75, 3.05) is 17.9 Å². The van der Waals surface area contributed by atoms with Gasteiger partial charge in [0.2, 0.25) is 0 Å². The number of carbonyl (C=O) groups excluding carboxylic acids is 1. The number of hydrogen-bond acceptors (Lipinski definition) is 4. The molecule has 28 heavy (non-hydrogen) atoms. The average Bonchev–Trinajstić information content (AvgIpc) is 3.16. The average molecular weight is 443 g/mol. The molecule has 1 heterocycles. The largest absolute Gasteiger partial charge is 0.376 e. The number of nitrogens with one attached hydrogen (secondary N) is 2. The molecular weight excluding hydrogens is 423 g/mol. The van der Waals surface area contributed by atoms with E-state index in [1.54, 1.807) is 12.1 Å². The van der Waals surface area contributed by atoms with Crippen LogP contribution < -0.4 is 10.0 Å². The van der Waals surface area contributed by atoms with E-state index in [0.717, 1.165) is 18.4 Å². The maximum atomic E-state index is 12.7. The molecule has 1 atom stereocenters. The van der Waals surface area contributed by atoms with Gasteiger partial charge >= 0.3 is 0 Å². The number of carbonyl (C=O) groups is 1. The first kappa shape index (κ1) is 20.9. The van der Waals surface area contributed by atoms with Crippen molar-refractivity contribution in [2.45, 2.75) is 30.8 Å². The van der Waals surface area contributed by atoms with Gasteiger partial charge < -0.3 is 10.1 Å². The van der Waals surface area contributed by atoms with Crippen molar-refractivity contribution in [3.8, 4) is 0 Å². The van der Waals surface area contributed by atoms with Crippen molar-refractivity contribution in [2.24, 2.45) is 0 Å². The number of ether oxygens (including phenoxy) is 1. The maximum Gasteiger partial charge on any atom is 0.261 e. The minimum Gasteiger partial charge on any atom is -0.376 e. The van der Waals surface area contributed by atoms with Crippen LogP contribution in [0.5, 0.6) is 0 Å². The van der Waals surface area contributed by atoms with Gasteiger partial charge in [-0.05, 0) is 55.7 Å². The zero-order valence-electron chi connectivity index (χ0n) is 15.2. The normalized spacial score (nSPS) is 16.8. The lowest BCUT2D eigenvalue weighted by atomic mass is 10.2. The predicted molar refractivity (Wildman–Crippen MR) is 110 cm³/mol. The molecule has 2 N–H and O–H groups in total. The molecule has 0 aromatic heterocycles. The molecule has 0 saturated carbocycles. The highest BCUT2D eigenvalue weighted by Crippen LogP contribution is 2.25. The van der Waals surface area contributed by atoms with E-state index in [2.05, 4.69) is 10.0 Å². The highest BCUT2D eigenvalue weighted by atomic mass is 35.5. The summed E-state index contributed by atoms with van der Waals surface area (Å²) in [4.78, 5) is 12.4. The number of amides is 1. The van der Waals surface area contributed by atoms with Crippen LogP contribution in [-0.4, -0.2) is 33.6 Å². The Bertz CT molecular complexity index is 989. The lowest BCUT2D eigenvalue weighted by Crippen LogP contribution is -2.32. The maximum absolute atomic E-state index is 12.7. The van der Waals surface area contributed by atoms with Crippen LogP contribution in [0.3, 0.4) is 0 Å². The standard InChI is InChI=1S/C19H20Cl2N2O4S/c1-12-4-5-13(9-18(12)21)23-28(25,26)15-6-7-17(20)16(10-15)19(24)22-11-14-3-2-8-27-14/h4-7,9-10,14,23H,2-3,8,11H2,1H3,(H,22,24). The van der Waals surface area contributed by atoms with E-state index in [1.807, 2.05) is 6.92 Å². The van der Waals surface area contributed by atoms with Gasteiger partial charge in [-0.1, -0.05) is 29.3 Å². The second-order valence-corrected chi connectivity index (χ2v) is 9.05. The van der Waals surface area contributed by atoms with Gasteiger partial charge in [0, 0.05) is 18.2 Å². The van der Waals surface area contributed by atoms with E-state index in [0.29, 0.717) is 23.9 Å². The Hall–Kier alpha value is -1.80. The van der Waals surface area contributed by atoms with E-state index >= 15 is 0 Å². The number of rotatable bonds is 6. The second kappa shape index (κ2) is 8.69. The van der Waals surface area contributed by atoms with E-state index in [-0.39, 0.29) is 21.6 Å². The number of halogens is 2. The van der Waals surface area contributed by atoms with Crippen molar-refractivity contribution < 1.29 is 17.9 Å². The Kier molecular flexibility index (Phi) is 6.50. The van der Waals surface area contributed by atoms with Crippen LogP contribution in [0.15, 0.2) is 41.3 Å². The monoisotopic (exact) mass is 442 g/mol. The van der Waals surface area contributed by atoms with Crippen molar-refractivity contribution in [3.05, 3.63) is 57.6 Å². The molecule has 0 aliphatic carbocycles. The molecule has 0 spiro atoms. The van der Waals surface area contributed by atoms with Crippen molar-refractivity contribution in [1.29, 1.82) is 0 Å². The van der Waals surface area contributed by atoms with Crippen LogP contribution in [0.1, 0.15) is 28.8 Å². The van der Waals surface area contributed by atoms with Crippen LogP contribution >= 0.6 is 23.2 Å². The van der Waals surface area contributed by atoms with Crippen LogP contribution in [0.25, 0.3) is 0 Å². The fraction of sp³-hybridized carbons (Fsp3) is 0.316. The third-order valence-electron chi connectivity index (χ3n) is 4.43. The molecule has 1 amide bonds. The summed E-state index contributed by atoms with van der Waals surface area (Å²) in [6, 6.07) is 8.84. The summed E-state index contributed by atoms with van der Waals surface area (Å²) >= 11 is 12.2. The van der Waals surface area contributed by atoms with Crippen molar-refractivity contribution in [3.63, 3.8) is 0 Å². The SMILES string of the molecule is Cc1ccc(NS(=O)(=O)c2ccc(Cl)c(C(=O)NCC3CCCO3)c2)cc1Cl. The Morgan fingerprint density at radius 2 is 1.96 bits per heavy atom. The fourth-order valence-electron chi connectivity index (χ4n) is 2.82. The van der Waals surface area contributed by atoms with Crippen LogP contribution in [-0.2, 0) is 14.8 Å². The van der Waals surface area contributed by atoms with Crippen LogP contribution in [0.2, 0.25) is 10.0 Å². The predicted octanol–water partition coefficient (Wildman–Crippen LogP) is 4.01. The lowest BCUT2D eigenvalue weighted by molar-refractivity contribution is 0.0857. The molecule has 3 rings (SSSR count). The summed E-state index contributed by atoms with van der Waals surface area (Å²) < 4.78 is 33.3. The summed E-state index contributed by atoms with van der Waals surface area (Å²) in [5.74, 6) is -0.448. The number of anilines is 1. The third-order valence-corrected chi connectivity index (χ3v) is 6.55. The zero-order valence-corrected chi connectivity index (χ0v) is 17.5. The second-order valence-electron chi connectivity index (χ2n) is 6.56. The molecule has 0 bridgehead atoms. The Labute approximate surface area is 174 Å². The van der Waals surface area contributed by atoms with Gasteiger partial charge in [0.05, 0.1) is 27.3 Å². The Balaban J connectivity index is 1.78. The first-order chi connectivity index (χ1) is 13.3. The van der Waals surface area contributed by atoms with E-state index in [1.165, 1.54) is 24.3 Å². The summed E-state index contributed by atoms with van der Waals surface area (Å²) in [5, 5.41) is 3.36. The Morgan fingerprint density at radius 1 is 1.18 bits per heavy atom. The Morgan fingerprint density at radius 3 is 2.64 bits per heavy atom. The van der Waals surface area contributed by atoms with Crippen molar-refractivity contribution >= 4 is 44.8 Å². The van der Waals surface area contributed by atoms with Gasteiger partial charge in [-0.25, -0.2) is 8.42 Å². The molecule has 1 fully saturated rings. The minimum atomic E-state index is -3.92. The van der Waals surface area contributed by atoms with E-state index in [4.69, 9.17) is 27.9 Å². The van der Waals surface area contributed by atoms with Crippen LogP contribution in [0, 0.1) is 6.92 Å². The quantitative estimate of drug-likeness (QED) is 0.707. The molecule has 1 unspecified atom stereocenters. The van der Waals surface area contributed by atoms with Gasteiger partial charge in [0.25, 0.3) is 15.9 Å². The van der Waals surface area contributed by atoms with Gasteiger partial charge in [-0.15, -0.1) is 0 Å². The molecule has 150 valence electrons. The molecule has 1 aliphatic heterocycles. The molecule has 0 radical (unpaired) electrons. The van der Waals surface area contributed by atoms with Gasteiger partial charge in [-0.3, -0.25) is 9.52 Å². The molecule has 2 aromatic carbocycles. The fourth-order valence-corrected chi connectivity index (χ4v) is 4.28. The van der Waals surface area contributed by atoms with Gasteiger partial charge in [-0.2, -0.15) is 0 Å². The highest BCUT2D eigenvalue weighted by Gasteiger charge is 2.21. The molecular formula is C19H20Cl2N2O4S. The topological polar surface area (TPSA) is 84.5 Å². The lowest BCUT2D eigenvalue weighted by Gasteiger charge is -2.13. The first-order valence-electron chi connectivity index (χ1n) is 8.74. The van der Waals surface area contributed by atoms with Crippen LogP contribution in [0.4, 0.5) is 5.69 Å². The third kappa shape index (κ3) is 4.97. The smallest absolute Gasteiger partial charge is 0.261 e. The van der Waals surface area contributed by atoms with E-state index in [9.17, 15) is 13.2 Å². The molecule has 6 nitrogen and oxygen atoms in total. The summed E-state index contributed by atoms with van der Waals surface area (Å²) in [7, 11) is -3.92. The van der Waals surface area contributed by atoms with Crippen molar-refractivity contribution in [1.82, 2.24) is 5.32 Å². The number of sulfonamides is 1. The highest BCUT2D eigenvalue weighted by molar-refractivity contribution is 7.92. The summed E-state index contributed by atoms with van der Waals surface area (Å²) in [6.07, 6.45) is 1.82. The number of benzene rings is 2. The number of hydrogen-bond donors (Lipinski definition) is 2. The minimum absolute atomic E-state index is 0.0254. The van der Waals surface area contributed by atoms with E-state index < -0.39 is 15.9 Å². The summed E-state index contributed by atoms with van der Waals surface area (Å²) in [6.45, 7) is 2.86. The molecule has 1 saturated heterocycles. The molecule has 2 aromatic rings. The number of aryl methyl sites for hydroxylation is 1. The van der Waals surface area contributed by atoms with Gasteiger partial charge in [0.15, 0.2) is 0 Å². The van der Waals surface area contributed by atoms with Gasteiger partial charge in [0.1, 0.15) is 0 Å².